The number of alkyl halides is 2. The van der Waals surface area contributed by atoms with E-state index in [2.05, 4.69) is 20.8 Å². The van der Waals surface area contributed by atoms with Crippen LogP contribution in [0.5, 0.6) is 0 Å². The summed E-state index contributed by atoms with van der Waals surface area (Å²) < 4.78 is 28.2. The molecular formula is C19H20F2N6O2. The average molecular weight is 402 g/mol. The molecule has 152 valence electrons. The number of rotatable bonds is 7. The minimum Gasteiger partial charge on any atom is -0.324 e. The normalized spacial score (nSPS) is 10.9. The van der Waals surface area contributed by atoms with Crippen molar-refractivity contribution in [1.29, 1.82) is 0 Å². The zero-order valence-electron chi connectivity index (χ0n) is 15.9. The third-order valence-electron chi connectivity index (χ3n) is 4.17. The molecule has 0 bridgehead atoms. The van der Waals surface area contributed by atoms with Crippen LogP contribution >= 0.6 is 0 Å². The first-order valence-corrected chi connectivity index (χ1v) is 8.93. The molecule has 0 fully saturated rings. The highest BCUT2D eigenvalue weighted by atomic mass is 19.3. The first-order chi connectivity index (χ1) is 13.9. The van der Waals surface area contributed by atoms with Crippen molar-refractivity contribution in [3.8, 4) is 0 Å². The van der Waals surface area contributed by atoms with Gasteiger partial charge in [0.15, 0.2) is 0 Å². The Bertz CT molecular complexity index is 1030. The lowest BCUT2D eigenvalue weighted by Gasteiger charge is -2.10. The standard InChI is InChI=1S/C19H20F2N6O2/c1-3-26-16(7-8-22-26)19(29)24-14-6-4-5-13(10-14)23-17(28)11-27-12(2)9-15(25-27)18(20)21/h4-10,18H,3,11H2,1-2H3,(H,23,28)(H,24,29). The van der Waals surface area contributed by atoms with Gasteiger partial charge in [-0.05, 0) is 44.2 Å². The molecular weight excluding hydrogens is 382 g/mol. The summed E-state index contributed by atoms with van der Waals surface area (Å²) in [6, 6.07) is 9.48. The van der Waals surface area contributed by atoms with E-state index < -0.39 is 12.3 Å². The van der Waals surface area contributed by atoms with Crippen molar-refractivity contribution < 1.29 is 18.4 Å². The van der Waals surface area contributed by atoms with Crippen LogP contribution in [0, 0.1) is 6.92 Å². The molecule has 0 unspecified atom stereocenters. The highest BCUT2D eigenvalue weighted by molar-refractivity contribution is 6.03. The molecule has 0 aliphatic rings. The van der Waals surface area contributed by atoms with Crippen LogP contribution in [0.25, 0.3) is 0 Å². The third kappa shape index (κ3) is 4.84. The molecule has 0 spiro atoms. The number of benzene rings is 1. The first-order valence-electron chi connectivity index (χ1n) is 8.93. The van der Waals surface area contributed by atoms with Gasteiger partial charge in [-0.15, -0.1) is 0 Å². The number of hydrogen-bond acceptors (Lipinski definition) is 4. The first kappa shape index (κ1) is 20.2. The van der Waals surface area contributed by atoms with Gasteiger partial charge in [0.25, 0.3) is 12.3 Å². The Balaban J connectivity index is 1.65. The minimum atomic E-state index is -2.69. The van der Waals surface area contributed by atoms with E-state index in [1.807, 2.05) is 6.92 Å². The third-order valence-corrected chi connectivity index (χ3v) is 4.17. The Morgan fingerprint density at radius 3 is 2.48 bits per heavy atom. The van der Waals surface area contributed by atoms with Crippen LogP contribution in [-0.4, -0.2) is 31.4 Å². The molecule has 3 rings (SSSR count). The maximum atomic E-state index is 12.7. The number of aryl methyl sites for hydroxylation is 2. The number of carbonyl (C=O) groups excluding carboxylic acids is 2. The van der Waals surface area contributed by atoms with Crippen LogP contribution in [0.15, 0.2) is 42.6 Å². The van der Waals surface area contributed by atoms with Crippen molar-refractivity contribution in [2.75, 3.05) is 10.6 Å². The Morgan fingerprint density at radius 2 is 1.83 bits per heavy atom. The number of anilines is 2. The monoisotopic (exact) mass is 402 g/mol. The second-order valence-electron chi connectivity index (χ2n) is 6.28. The van der Waals surface area contributed by atoms with E-state index in [9.17, 15) is 18.4 Å². The fraction of sp³-hybridized carbons (Fsp3) is 0.263. The molecule has 2 N–H and O–H groups in total. The molecule has 2 amide bonds. The topological polar surface area (TPSA) is 93.8 Å². The van der Waals surface area contributed by atoms with Gasteiger partial charge in [0.1, 0.15) is 17.9 Å². The van der Waals surface area contributed by atoms with Crippen molar-refractivity contribution in [3.05, 3.63) is 59.7 Å². The molecule has 10 heteroatoms. The SMILES string of the molecule is CCn1nccc1C(=O)Nc1cccc(NC(=O)Cn2nc(C(F)F)cc2C)c1. The fourth-order valence-corrected chi connectivity index (χ4v) is 2.79. The largest absolute Gasteiger partial charge is 0.324 e. The molecule has 0 aliphatic carbocycles. The zero-order chi connectivity index (χ0) is 21.0. The van der Waals surface area contributed by atoms with E-state index in [0.29, 0.717) is 29.3 Å². The summed E-state index contributed by atoms with van der Waals surface area (Å²) >= 11 is 0. The van der Waals surface area contributed by atoms with Gasteiger partial charge in [0.05, 0.1) is 0 Å². The van der Waals surface area contributed by atoms with Crippen molar-refractivity contribution in [2.45, 2.75) is 33.4 Å². The minimum absolute atomic E-state index is 0.204. The number of carbonyl (C=O) groups is 2. The molecule has 0 saturated carbocycles. The van der Waals surface area contributed by atoms with Crippen molar-refractivity contribution in [1.82, 2.24) is 19.6 Å². The summed E-state index contributed by atoms with van der Waals surface area (Å²) in [4.78, 5) is 24.7. The van der Waals surface area contributed by atoms with Crippen molar-refractivity contribution in [2.24, 2.45) is 0 Å². The van der Waals surface area contributed by atoms with Gasteiger partial charge >= 0.3 is 0 Å². The lowest BCUT2D eigenvalue weighted by Crippen LogP contribution is -2.21. The summed E-state index contributed by atoms with van der Waals surface area (Å²) in [5.41, 5.74) is 1.46. The smallest absolute Gasteiger partial charge is 0.282 e. The quantitative estimate of drug-likeness (QED) is 0.634. The molecule has 1 aromatic carbocycles. The van der Waals surface area contributed by atoms with Crippen molar-refractivity contribution >= 4 is 23.2 Å². The molecule has 0 radical (unpaired) electrons. The van der Waals surface area contributed by atoms with E-state index in [4.69, 9.17) is 0 Å². The van der Waals surface area contributed by atoms with Crippen LogP contribution in [0.3, 0.4) is 0 Å². The molecule has 0 atom stereocenters. The van der Waals surface area contributed by atoms with Gasteiger partial charge in [0.2, 0.25) is 5.91 Å². The predicted octanol–water partition coefficient (Wildman–Crippen LogP) is 3.24. The van der Waals surface area contributed by atoms with Gasteiger partial charge in [-0.2, -0.15) is 10.2 Å². The van der Waals surface area contributed by atoms with Crippen LogP contribution < -0.4 is 10.6 Å². The Morgan fingerprint density at radius 1 is 1.10 bits per heavy atom. The second-order valence-corrected chi connectivity index (χ2v) is 6.28. The molecule has 0 aliphatic heterocycles. The Kier molecular flexibility index (Phi) is 6.01. The summed E-state index contributed by atoms with van der Waals surface area (Å²) in [6.07, 6.45) is -1.14. The van der Waals surface area contributed by atoms with Crippen LogP contribution in [-0.2, 0) is 17.9 Å². The van der Waals surface area contributed by atoms with E-state index in [0.717, 1.165) is 0 Å². The summed E-state index contributed by atoms with van der Waals surface area (Å²) in [7, 11) is 0. The van der Waals surface area contributed by atoms with Crippen LogP contribution in [0.1, 0.15) is 35.2 Å². The number of nitrogens with zero attached hydrogens (tertiary/aromatic N) is 4. The van der Waals surface area contributed by atoms with Crippen molar-refractivity contribution in [3.63, 3.8) is 0 Å². The summed E-state index contributed by atoms with van der Waals surface area (Å²) in [5, 5.41) is 13.2. The molecule has 0 saturated heterocycles. The van der Waals surface area contributed by atoms with Gasteiger partial charge in [0, 0.05) is 29.8 Å². The predicted molar refractivity (Wildman–Crippen MR) is 103 cm³/mol. The number of halogens is 2. The number of amides is 2. The van der Waals surface area contributed by atoms with Gasteiger partial charge in [-0.25, -0.2) is 8.78 Å². The van der Waals surface area contributed by atoms with Crippen LogP contribution in [0.2, 0.25) is 0 Å². The molecule has 3 aromatic rings. The highest BCUT2D eigenvalue weighted by Crippen LogP contribution is 2.19. The zero-order valence-corrected chi connectivity index (χ0v) is 15.9. The molecule has 2 aromatic heterocycles. The molecule has 2 heterocycles. The highest BCUT2D eigenvalue weighted by Gasteiger charge is 2.15. The second kappa shape index (κ2) is 8.63. The Hall–Kier alpha value is -3.56. The lowest BCUT2D eigenvalue weighted by atomic mass is 10.2. The summed E-state index contributed by atoms with van der Waals surface area (Å²) in [6.45, 7) is 3.84. The molecule has 8 nitrogen and oxygen atoms in total. The van der Waals surface area contributed by atoms with E-state index in [-0.39, 0.29) is 18.1 Å². The number of hydrogen-bond donors (Lipinski definition) is 2. The Labute approximate surface area is 165 Å². The van der Waals surface area contributed by atoms with E-state index in [1.54, 1.807) is 48.1 Å². The average Bonchev–Trinajstić information content (AvgIpc) is 3.29. The molecule has 29 heavy (non-hydrogen) atoms. The van der Waals surface area contributed by atoms with E-state index >= 15 is 0 Å². The summed E-state index contributed by atoms with van der Waals surface area (Å²) in [5.74, 6) is -0.746. The van der Waals surface area contributed by atoms with Gasteiger partial charge < -0.3 is 10.6 Å². The maximum Gasteiger partial charge on any atom is 0.282 e. The van der Waals surface area contributed by atoms with Gasteiger partial charge in [-0.3, -0.25) is 19.0 Å². The van der Waals surface area contributed by atoms with Crippen LogP contribution in [0.4, 0.5) is 20.2 Å². The number of aromatic nitrogens is 4. The lowest BCUT2D eigenvalue weighted by molar-refractivity contribution is -0.117. The van der Waals surface area contributed by atoms with E-state index in [1.165, 1.54) is 10.7 Å². The number of nitrogens with one attached hydrogen (secondary N) is 2. The fourth-order valence-electron chi connectivity index (χ4n) is 2.79. The van der Waals surface area contributed by atoms with Gasteiger partial charge in [-0.1, -0.05) is 6.07 Å². The maximum absolute atomic E-state index is 12.7.